The molecule has 1 aromatic carbocycles. The zero-order valence-corrected chi connectivity index (χ0v) is 14.7. The molecule has 0 bridgehead atoms. The second-order valence-corrected chi connectivity index (χ2v) is 8.00. The lowest BCUT2D eigenvalue weighted by atomic mass is 9.93. The summed E-state index contributed by atoms with van der Waals surface area (Å²) in [5.41, 5.74) is 0.350. The van der Waals surface area contributed by atoms with Crippen molar-refractivity contribution in [3.63, 3.8) is 0 Å². The number of guanidine groups is 1. The molecule has 0 aliphatic carbocycles. The van der Waals surface area contributed by atoms with Crippen LogP contribution < -0.4 is 5.32 Å². The van der Waals surface area contributed by atoms with E-state index in [1.54, 1.807) is 0 Å². The molecule has 1 heterocycles. The highest BCUT2D eigenvalue weighted by atomic mass is 32.2. The standard InChI is InChI=1S/C17H27N3OS/c1-4-18-16(20-12-10-17(2,3)14-20)19-11-13-22(21)15-8-6-5-7-9-15/h5-9H,4,10-14H2,1-3H3,(H,18,19). The van der Waals surface area contributed by atoms with Gasteiger partial charge in [-0.2, -0.15) is 0 Å². The average Bonchev–Trinajstić information content (AvgIpc) is 2.87. The molecule has 2 rings (SSSR count). The summed E-state index contributed by atoms with van der Waals surface area (Å²) in [5, 5.41) is 3.35. The normalized spacial score (nSPS) is 19.2. The van der Waals surface area contributed by atoms with Gasteiger partial charge in [-0.1, -0.05) is 32.0 Å². The zero-order valence-electron chi connectivity index (χ0n) is 13.8. The van der Waals surface area contributed by atoms with Crippen LogP contribution in [0.2, 0.25) is 0 Å². The van der Waals surface area contributed by atoms with E-state index < -0.39 is 10.8 Å². The number of aliphatic imine (C=N–C) groups is 1. The molecule has 0 radical (unpaired) electrons. The second kappa shape index (κ2) is 7.77. The van der Waals surface area contributed by atoms with E-state index in [0.717, 1.165) is 30.5 Å². The van der Waals surface area contributed by atoms with Crippen molar-refractivity contribution in [3.8, 4) is 0 Å². The van der Waals surface area contributed by atoms with Crippen molar-refractivity contribution < 1.29 is 4.21 Å². The minimum atomic E-state index is -0.974. The lowest BCUT2D eigenvalue weighted by Crippen LogP contribution is -2.41. The quantitative estimate of drug-likeness (QED) is 0.669. The van der Waals surface area contributed by atoms with E-state index >= 15 is 0 Å². The summed E-state index contributed by atoms with van der Waals surface area (Å²) < 4.78 is 12.2. The summed E-state index contributed by atoms with van der Waals surface area (Å²) in [6, 6.07) is 9.61. The molecule has 0 amide bonds. The molecule has 5 heteroatoms. The Morgan fingerprint density at radius 2 is 2.09 bits per heavy atom. The molecule has 0 saturated carbocycles. The Bertz CT molecular complexity index is 528. The van der Waals surface area contributed by atoms with Gasteiger partial charge in [0, 0.05) is 30.3 Å². The molecule has 22 heavy (non-hydrogen) atoms. The van der Waals surface area contributed by atoms with E-state index in [1.807, 2.05) is 30.3 Å². The lowest BCUT2D eigenvalue weighted by Gasteiger charge is -2.23. The van der Waals surface area contributed by atoms with Gasteiger partial charge in [-0.25, -0.2) is 0 Å². The Kier molecular flexibility index (Phi) is 6.00. The summed E-state index contributed by atoms with van der Waals surface area (Å²) in [4.78, 5) is 7.86. The number of nitrogens with one attached hydrogen (secondary N) is 1. The van der Waals surface area contributed by atoms with Gasteiger partial charge in [0.15, 0.2) is 5.96 Å². The van der Waals surface area contributed by atoms with E-state index in [-0.39, 0.29) is 0 Å². The summed E-state index contributed by atoms with van der Waals surface area (Å²) in [7, 11) is -0.974. The summed E-state index contributed by atoms with van der Waals surface area (Å²) in [6.45, 7) is 10.2. The van der Waals surface area contributed by atoms with E-state index in [4.69, 9.17) is 0 Å². The van der Waals surface area contributed by atoms with Crippen LogP contribution in [0, 0.1) is 5.41 Å². The second-order valence-electron chi connectivity index (χ2n) is 6.43. The summed E-state index contributed by atoms with van der Waals surface area (Å²) in [5.74, 6) is 1.52. The van der Waals surface area contributed by atoms with Crippen molar-refractivity contribution >= 4 is 16.8 Å². The maximum absolute atomic E-state index is 12.2. The van der Waals surface area contributed by atoms with Crippen molar-refractivity contribution in [1.29, 1.82) is 0 Å². The Morgan fingerprint density at radius 3 is 2.68 bits per heavy atom. The van der Waals surface area contributed by atoms with Crippen LogP contribution in [0.25, 0.3) is 0 Å². The van der Waals surface area contributed by atoms with Gasteiger partial charge in [-0.05, 0) is 30.9 Å². The third kappa shape index (κ3) is 4.83. The van der Waals surface area contributed by atoms with Crippen molar-refractivity contribution in [2.45, 2.75) is 32.1 Å². The summed E-state index contributed by atoms with van der Waals surface area (Å²) in [6.07, 6.45) is 1.19. The van der Waals surface area contributed by atoms with Gasteiger partial charge in [0.2, 0.25) is 0 Å². The highest BCUT2D eigenvalue weighted by molar-refractivity contribution is 7.85. The molecule has 1 atom stereocenters. The van der Waals surface area contributed by atoms with E-state index in [2.05, 4.69) is 36.0 Å². The van der Waals surface area contributed by atoms with Gasteiger partial charge in [0.25, 0.3) is 0 Å². The van der Waals surface area contributed by atoms with E-state index in [1.165, 1.54) is 6.42 Å². The van der Waals surface area contributed by atoms with Crippen LogP contribution in [0.1, 0.15) is 27.2 Å². The van der Waals surface area contributed by atoms with Crippen LogP contribution >= 0.6 is 0 Å². The maximum atomic E-state index is 12.2. The number of benzene rings is 1. The number of hydrogen-bond donors (Lipinski definition) is 1. The Morgan fingerprint density at radius 1 is 1.36 bits per heavy atom. The van der Waals surface area contributed by atoms with Gasteiger partial charge >= 0.3 is 0 Å². The van der Waals surface area contributed by atoms with Crippen LogP contribution in [0.15, 0.2) is 40.2 Å². The van der Waals surface area contributed by atoms with Gasteiger partial charge < -0.3 is 10.2 Å². The van der Waals surface area contributed by atoms with Crippen LogP contribution in [0.4, 0.5) is 0 Å². The average molecular weight is 321 g/mol. The van der Waals surface area contributed by atoms with Gasteiger partial charge in [0.05, 0.1) is 17.3 Å². The number of rotatable bonds is 5. The fraction of sp³-hybridized carbons (Fsp3) is 0.588. The molecule has 0 aromatic heterocycles. The first-order chi connectivity index (χ1) is 10.5. The monoisotopic (exact) mass is 321 g/mol. The van der Waals surface area contributed by atoms with E-state index in [9.17, 15) is 4.21 Å². The molecule has 4 nitrogen and oxygen atoms in total. The predicted molar refractivity (Wildman–Crippen MR) is 93.7 cm³/mol. The third-order valence-electron chi connectivity index (χ3n) is 3.86. The fourth-order valence-corrected chi connectivity index (χ4v) is 3.60. The molecule has 1 fully saturated rings. The Hall–Kier alpha value is -1.36. The molecule has 1 N–H and O–H groups in total. The molecule has 1 unspecified atom stereocenters. The highest BCUT2D eigenvalue weighted by Gasteiger charge is 2.30. The molecule has 0 spiro atoms. The highest BCUT2D eigenvalue weighted by Crippen LogP contribution is 2.28. The number of nitrogens with zero attached hydrogens (tertiary/aromatic N) is 2. The topological polar surface area (TPSA) is 44.7 Å². The molecule has 122 valence electrons. The molecular formula is C17H27N3OS. The maximum Gasteiger partial charge on any atom is 0.193 e. The van der Waals surface area contributed by atoms with Crippen LogP contribution in [0.5, 0.6) is 0 Å². The van der Waals surface area contributed by atoms with Crippen LogP contribution in [0.3, 0.4) is 0 Å². The third-order valence-corrected chi connectivity index (χ3v) is 5.21. The fourth-order valence-electron chi connectivity index (χ4n) is 2.64. The van der Waals surface area contributed by atoms with Crippen LogP contribution in [-0.4, -0.2) is 47.0 Å². The molecule has 1 aliphatic heterocycles. The Labute approximate surface area is 136 Å². The van der Waals surface area contributed by atoms with Crippen molar-refractivity contribution in [2.75, 3.05) is 31.9 Å². The lowest BCUT2D eigenvalue weighted by molar-refractivity contribution is 0.370. The van der Waals surface area contributed by atoms with Gasteiger partial charge in [-0.3, -0.25) is 9.20 Å². The first-order valence-corrected chi connectivity index (χ1v) is 9.30. The SMILES string of the molecule is CCNC(=NCCS(=O)c1ccccc1)N1CCC(C)(C)C1. The van der Waals surface area contributed by atoms with Crippen molar-refractivity contribution in [2.24, 2.45) is 10.4 Å². The summed E-state index contributed by atoms with van der Waals surface area (Å²) >= 11 is 0. The Balaban J connectivity index is 1.92. The molecule has 1 saturated heterocycles. The van der Waals surface area contributed by atoms with Crippen LogP contribution in [-0.2, 0) is 10.8 Å². The minimum Gasteiger partial charge on any atom is -0.357 e. The minimum absolute atomic E-state index is 0.350. The smallest absolute Gasteiger partial charge is 0.193 e. The zero-order chi connectivity index (χ0) is 16.0. The van der Waals surface area contributed by atoms with E-state index in [0.29, 0.717) is 17.7 Å². The first kappa shape index (κ1) is 17.0. The largest absolute Gasteiger partial charge is 0.357 e. The molecular weight excluding hydrogens is 294 g/mol. The molecule has 1 aliphatic rings. The van der Waals surface area contributed by atoms with Gasteiger partial charge in [-0.15, -0.1) is 0 Å². The number of likely N-dealkylation sites (tertiary alicyclic amines) is 1. The van der Waals surface area contributed by atoms with Crippen molar-refractivity contribution in [3.05, 3.63) is 30.3 Å². The van der Waals surface area contributed by atoms with Gasteiger partial charge in [0.1, 0.15) is 0 Å². The van der Waals surface area contributed by atoms with Crippen molar-refractivity contribution in [1.82, 2.24) is 10.2 Å². The molecule has 1 aromatic rings. The number of hydrogen-bond acceptors (Lipinski definition) is 2. The predicted octanol–water partition coefficient (Wildman–Crippen LogP) is 2.49. The first-order valence-electron chi connectivity index (χ1n) is 7.98.